The quantitative estimate of drug-likeness (QED) is 0.429. The molecule has 0 fully saturated rings. The Kier molecular flexibility index (Phi) is 5.63. The number of benzene rings is 1. The van der Waals surface area contributed by atoms with Crippen LogP contribution in [0.4, 0.5) is 13.2 Å². The van der Waals surface area contributed by atoms with Crippen LogP contribution in [-0.2, 0) is 25.5 Å². The van der Waals surface area contributed by atoms with Crippen LogP contribution in [0, 0.1) is 0 Å². The molecule has 0 amide bonds. The Morgan fingerprint density at radius 3 is 2.52 bits per heavy atom. The summed E-state index contributed by atoms with van der Waals surface area (Å²) in [4.78, 5) is 0. The van der Waals surface area contributed by atoms with Crippen molar-refractivity contribution in [3.05, 3.63) is 41.5 Å². The molecule has 1 aromatic rings. The fourth-order valence-electron chi connectivity index (χ4n) is 2.15. The monoisotopic (exact) mass is 380 g/mol. The lowest BCUT2D eigenvalue weighted by atomic mass is 10.0. The van der Waals surface area contributed by atoms with Crippen molar-refractivity contribution in [3.8, 4) is 11.5 Å². The fourth-order valence-corrected chi connectivity index (χ4v) is 2.62. The Morgan fingerprint density at radius 2 is 1.92 bits per heavy atom. The molecule has 6 nitrogen and oxygen atoms in total. The topological polar surface area (TPSA) is 71.1 Å². The summed E-state index contributed by atoms with van der Waals surface area (Å²) in [6, 6.07) is 2.84. The van der Waals surface area contributed by atoms with Crippen molar-refractivity contribution >= 4 is 15.9 Å². The van der Waals surface area contributed by atoms with E-state index >= 15 is 0 Å². The smallest absolute Gasteiger partial charge is 0.493 e. The van der Waals surface area contributed by atoms with Crippen molar-refractivity contribution in [2.45, 2.75) is 11.9 Å². The Labute approximate surface area is 142 Å². The van der Waals surface area contributed by atoms with Gasteiger partial charge in [0.05, 0.1) is 7.11 Å². The highest BCUT2D eigenvalue weighted by Crippen LogP contribution is 2.40. The molecule has 25 heavy (non-hydrogen) atoms. The third-order valence-corrected chi connectivity index (χ3v) is 4.19. The maximum atomic E-state index is 12.6. The molecule has 0 atom stereocenters. The molecular formula is C15H15F3O6S. The van der Waals surface area contributed by atoms with Crippen molar-refractivity contribution in [1.82, 2.24) is 0 Å². The molecule has 1 aliphatic rings. The normalized spacial score (nSPS) is 14.4. The second-order valence-electron chi connectivity index (χ2n) is 4.82. The van der Waals surface area contributed by atoms with Crippen molar-refractivity contribution in [2.24, 2.45) is 0 Å². The minimum atomic E-state index is -5.80. The van der Waals surface area contributed by atoms with E-state index in [9.17, 15) is 21.6 Å². The lowest BCUT2D eigenvalue weighted by Crippen LogP contribution is -2.25. The van der Waals surface area contributed by atoms with Crippen molar-refractivity contribution in [1.29, 1.82) is 0 Å². The van der Waals surface area contributed by atoms with Crippen LogP contribution >= 0.6 is 0 Å². The zero-order valence-electron chi connectivity index (χ0n) is 13.3. The largest absolute Gasteiger partial charge is 0.534 e. The zero-order chi connectivity index (χ0) is 18.7. The molecule has 138 valence electrons. The summed E-state index contributed by atoms with van der Waals surface area (Å²) in [5, 5.41) is 0. The summed E-state index contributed by atoms with van der Waals surface area (Å²) in [5.74, 6) is 0.0856. The molecule has 1 aliphatic carbocycles. The Bertz CT molecular complexity index is 796. The van der Waals surface area contributed by atoms with Gasteiger partial charge >= 0.3 is 15.6 Å². The highest BCUT2D eigenvalue weighted by atomic mass is 32.2. The maximum absolute atomic E-state index is 12.6. The molecule has 0 bridgehead atoms. The average molecular weight is 380 g/mol. The van der Waals surface area contributed by atoms with Crippen molar-refractivity contribution in [2.75, 3.05) is 21.0 Å². The third-order valence-electron chi connectivity index (χ3n) is 3.22. The number of hydrogen-bond donors (Lipinski definition) is 0. The van der Waals surface area contributed by atoms with E-state index in [2.05, 4.69) is 4.18 Å². The van der Waals surface area contributed by atoms with Gasteiger partial charge in [-0.25, -0.2) is 0 Å². The molecule has 0 unspecified atom stereocenters. The van der Waals surface area contributed by atoms with E-state index in [4.69, 9.17) is 14.2 Å². The molecule has 0 saturated heterocycles. The molecule has 0 heterocycles. The van der Waals surface area contributed by atoms with Crippen LogP contribution in [0.15, 0.2) is 30.4 Å². The second kappa shape index (κ2) is 7.36. The van der Waals surface area contributed by atoms with Crippen LogP contribution in [0.2, 0.25) is 0 Å². The summed E-state index contributed by atoms with van der Waals surface area (Å²) in [6.07, 6.45) is 4.42. The summed E-state index contributed by atoms with van der Waals surface area (Å²) < 4.78 is 80.3. The Balaban J connectivity index is 2.52. The molecule has 1 aromatic carbocycles. The minimum absolute atomic E-state index is 0.128. The van der Waals surface area contributed by atoms with Gasteiger partial charge in [-0.2, -0.15) is 21.6 Å². The first kappa shape index (κ1) is 19.1. The molecule has 2 rings (SSSR count). The number of allylic oxidation sites excluding steroid dienone is 3. The van der Waals surface area contributed by atoms with E-state index in [1.807, 2.05) is 0 Å². The van der Waals surface area contributed by atoms with Gasteiger partial charge in [0.25, 0.3) is 0 Å². The first-order chi connectivity index (χ1) is 11.7. The van der Waals surface area contributed by atoms with Gasteiger partial charge in [-0.05, 0) is 24.6 Å². The Morgan fingerprint density at radius 1 is 1.20 bits per heavy atom. The summed E-state index contributed by atoms with van der Waals surface area (Å²) in [7, 11) is -3.00. The lowest BCUT2D eigenvalue weighted by Gasteiger charge is -2.18. The van der Waals surface area contributed by atoms with Gasteiger partial charge in [0.1, 0.15) is 0 Å². The van der Waals surface area contributed by atoms with Gasteiger partial charge < -0.3 is 18.4 Å². The minimum Gasteiger partial charge on any atom is -0.493 e. The molecule has 10 heteroatoms. The van der Waals surface area contributed by atoms with E-state index in [-0.39, 0.29) is 24.5 Å². The number of ether oxygens (including phenoxy) is 3. The van der Waals surface area contributed by atoms with E-state index < -0.39 is 21.4 Å². The Hall–Kier alpha value is -2.20. The summed E-state index contributed by atoms with van der Waals surface area (Å²) in [6.45, 7) is -0.128. The van der Waals surface area contributed by atoms with Gasteiger partial charge in [0, 0.05) is 18.2 Å². The van der Waals surface area contributed by atoms with Gasteiger partial charge in [-0.15, -0.1) is 0 Å². The van der Waals surface area contributed by atoms with Gasteiger partial charge in [0.2, 0.25) is 0 Å². The van der Waals surface area contributed by atoms with E-state index in [0.29, 0.717) is 11.3 Å². The predicted molar refractivity (Wildman–Crippen MR) is 82.4 cm³/mol. The molecule has 0 aromatic heterocycles. The highest BCUT2D eigenvalue weighted by Gasteiger charge is 2.49. The second-order valence-corrected chi connectivity index (χ2v) is 6.36. The molecule has 0 N–H and O–H groups in total. The zero-order valence-corrected chi connectivity index (χ0v) is 14.1. The summed E-state index contributed by atoms with van der Waals surface area (Å²) in [5.41, 5.74) is -4.98. The van der Waals surface area contributed by atoms with Crippen LogP contribution in [0.3, 0.4) is 0 Å². The van der Waals surface area contributed by atoms with E-state index in [1.54, 1.807) is 6.08 Å². The summed E-state index contributed by atoms with van der Waals surface area (Å²) >= 11 is 0. The van der Waals surface area contributed by atoms with Gasteiger partial charge in [-0.3, -0.25) is 0 Å². The van der Waals surface area contributed by atoms with Crippen LogP contribution < -0.4 is 9.47 Å². The predicted octanol–water partition coefficient (Wildman–Crippen LogP) is 3.00. The van der Waals surface area contributed by atoms with Crippen molar-refractivity contribution < 1.29 is 40.0 Å². The standard InChI is InChI=1S/C15H15F3O6S/c1-21-9-23-14-11-5-3-4-6-12(10(11)7-8-13(14)22-2)24-25(19,20)15(16,17)18/h3-4,6-8H,5,9H2,1-2H3. The molecule has 0 aliphatic heterocycles. The van der Waals surface area contributed by atoms with Crippen LogP contribution in [0.1, 0.15) is 11.1 Å². The van der Waals surface area contributed by atoms with Crippen LogP contribution in [0.25, 0.3) is 5.76 Å². The molecule has 0 radical (unpaired) electrons. The lowest BCUT2D eigenvalue weighted by molar-refractivity contribution is -0.0509. The fraction of sp³-hybridized carbons (Fsp3) is 0.333. The number of alkyl halides is 3. The van der Waals surface area contributed by atoms with Gasteiger partial charge in [-0.1, -0.05) is 12.2 Å². The number of methoxy groups -OCH3 is 2. The number of fused-ring (bicyclic) bond motifs is 1. The highest BCUT2D eigenvalue weighted by molar-refractivity contribution is 7.87. The SMILES string of the molecule is COCOc1c(OC)ccc2c1CC=CC=C2OS(=O)(=O)C(F)(F)F. The third kappa shape index (κ3) is 4.07. The maximum Gasteiger partial charge on any atom is 0.534 e. The van der Waals surface area contributed by atoms with Gasteiger partial charge in [0.15, 0.2) is 24.1 Å². The van der Waals surface area contributed by atoms with Crippen molar-refractivity contribution in [3.63, 3.8) is 0 Å². The average Bonchev–Trinajstić information content (AvgIpc) is 2.73. The van der Waals surface area contributed by atoms with E-state index in [0.717, 1.165) is 6.08 Å². The number of hydrogen-bond acceptors (Lipinski definition) is 6. The molecule has 0 spiro atoms. The van der Waals surface area contributed by atoms with Crippen LogP contribution in [-0.4, -0.2) is 34.9 Å². The van der Waals surface area contributed by atoms with E-state index in [1.165, 1.54) is 32.4 Å². The molecule has 0 saturated carbocycles. The molecular weight excluding hydrogens is 365 g/mol. The van der Waals surface area contributed by atoms with Crippen LogP contribution in [0.5, 0.6) is 11.5 Å². The number of rotatable bonds is 6. The first-order valence-corrected chi connectivity index (χ1v) is 8.31. The first-order valence-electron chi connectivity index (χ1n) is 6.91. The number of halogens is 3.